The minimum atomic E-state index is -1.14. The van der Waals surface area contributed by atoms with E-state index in [-0.39, 0.29) is 49.1 Å². The summed E-state index contributed by atoms with van der Waals surface area (Å²) < 4.78 is 17.2. The van der Waals surface area contributed by atoms with E-state index >= 15 is 0 Å². The zero-order valence-electron chi connectivity index (χ0n) is 40.0. The lowest BCUT2D eigenvalue weighted by molar-refractivity contribution is -0.889. The first kappa shape index (κ1) is 58.2. The molecule has 0 saturated heterocycles. The lowest BCUT2D eigenvalue weighted by Crippen LogP contribution is -2.55. The molecule has 0 N–H and O–H groups in total. The van der Waals surface area contributed by atoms with Gasteiger partial charge in [0.05, 0.1) is 40.3 Å². The van der Waals surface area contributed by atoms with Gasteiger partial charge >= 0.3 is 11.9 Å². The molecule has 0 radical (unpaired) electrons. The molecule has 0 fully saturated rings. The molecule has 352 valence electrons. The van der Waals surface area contributed by atoms with E-state index in [1.54, 1.807) is 21.1 Å². The molecule has 0 aromatic heterocycles. The van der Waals surface area contributed by atoms with Gasteiger partial charge in [-0.3, -0.25) is 9.59 Å². The van der Waals surface area contributed by atoms with E-state index in [1.807, 2.05) is 0 Å². The molecule has 0 aromatic rings. The SMILES string of the molecule is CC/C=C/C/C=C/C/C=C/C/C=C/C/C=C/CCCCCCC(=O)OC(COCCC(C(=O)[O-])[N+](C)(C)C)COC(=O)CCCCCCC/C=C/C=C/C=C/CCCCCCC. The molecule has 2 atom stereocenters. The molecule has 0 rings (SSSR count). The van der Waals surface area contributed by atoms with Gasteiger partial charge in [-0.25, -0.2) is 0 Å². The molecule has 0 saturated carbocycles. The van der Waals surface area contributed by atoms with Crippen molar-refractivity contribution in [2.45, 2.75) is 187 Å². The number of rotatable bonds is 42. The molecule has 8 nitrogen and oxygen atoms in total. The van der Waals surface area contributed by atoms with E-state index in [9.17, 15) is 19.5 Å². The minimum absolute atomic E-state index is 0.0172. The summed E-state index contributed by atoms with van der Waals surface area (Å²) in [6, 6.07) is -0.740. The van der Waals surface area contributed by atoms with Crippen LogP contribution in [-0.2, 0) is 28.6 Å². The maximum absolute atomic E-state index is 12.8. The summed E-state index contributed by atoms with van der Waals surface area (Å²) in [6.07, 6.45) is 58.6. The van der Waals surface area contributed by atoms with Crippen LogP contribution in [0.2, 0.25) is 0 Å². The summed E-state index contributed by atoms with van der Waals surface area (Å²) >= 11 is 0. The van der Waals surface area contributed by atoms with E-state index in [0.717, 1.165) is 109 Å². The van der Waals surface area contributed by atoms with E-state index < -0.39 is 18.1 Å². The van der Waals surface area contributed by atoms with Crippen molar-refractivity contribution in [1.82, 2.24) is 0 Å². The Hall–Kier alpha value is -3.75. The van der Waals surface area contributed by atoms with Crippen LogP contribution < -0.4 is 5.11 Å². The van der Waals surface area contributed by atoms with Gasteiger partial charge < -0.3 is 28.6 Å². The second kappa shape index (κ2) is 43.9. The van der Waals surface area contributed by atoms with Gasteiger partial charge in [-0.1, -0.05) is 169 Å². The number of carboxylic acids is 1. The highest BCUT2D eigenvalue weighted by Gasteiger charge is 2.25. The summed E-state index contributed by atoms with van der Waals surface area (Å²) in [7, 11) is 5.38. The summed E-state index contributed by atoms with van der Waals surface area (Å²) in [5.41, 5.74) is 0. The summed E-state index contributed by atoms with van der Waals surface area (Å²) in [6.45, 7) is 4.47. The highest BCUT2D eigenvalue weighted by molar-refractivity contribution is 5.70. The number of esters is 2. The number of allylic oxidation sites excluding steroid dienone is 16. The number of aliphatic carboxylic acids is 1. The van der Waals surface area contributed by atoms with Gasteiger partial charge in [0.25, 0.3) is 0 Å². The first-order valence-corrected chi connectivity index (χ1v) is 24.3. The summed E-state index contributed by atoms with van der Waals surface area (Å²) in [5.74, 6) is -1.80. The number of hydrogen-bond donors (Lipinski definition) is 0. The zero-order valence-corrected chi connectivity index (χ0v) is 40.0. The number of nitrogens with zero attached hydrogens (tertiary/aromatic N) is 1. The van der Waals surface area contributed by atoms with E-state index in [2.05, 4.69) is 111 Å². The molecule has 2 unspecified atom stereocenters. The van der Waals surface area contributed by atoms with Crippen LogP contribution in [0.15, 0.2) is 97.2 Å². The number of likely N-dealkylation sites (N-methyl/N-ethyl adjacent to an activating group) is 1. The van der Waals surface area contributed by atoms with Gasteiger partial charge in [0, 0.05) is 19.3 Å². The number of unbranched alkanes of at least 4 members (excludes halogenated alkanes) is 14. The Morgan fingerprint density at radius 3 is 1.47 bits per heavy atom. The van der Waals surface area contributed by atoms with Gasteiger partial charge in [0.2, 0.25) is 0 Å². The second-order valence-corrected chi connectivity index (χ2v) is 17.0. The fourth-order valence-corrected chi connectivity index (χ4v) is 6.51. The molecule has 0 aliphatic rings. The fraction of sp³-hybridized carbons (Fsp3) is 0.648. The van der Waals surface area contributed by atoms with Gasteiger partial charge in [0.1, 0.15) is 12.6 Å². The maximum atomic E-state index is 12.8. The molecule has 0 bridgehead atoms. The van der Waals surface area contributed by atoms with Crippen LogP contribution in [0.25, 0.3) is 0 Å². The number of carbonyl (C=O) groups excluding carboxylic acids is 3. The van der Waals surface area contributed by atoms with E-state index in [4.69, 9.17) is 14.2 Å². The van der Waals surface area contributed by atoms with Crippen molar-refractivity contribution in [1.29, 1.82) is 0 Å². The Morgan fingerprint density at radius 2 is 0.968 bits per heavy atom. The molecule has 62 heavy (non-hydrogen) atoms. The lowest BCUT2D eigenvalue weighted by atomic mass is 10.1. The predicted octanol–water partition coefficient (Wildman–Crippen LogP) is 12.5. The molecule has 8 heteroatoms. The van der Waals surface area contributed by atoms with E-state index in [1.165, 1.54) is 32.1 Å². The number of carbonyl (C=O) groups is 3. The van der Waals surface area contributed by atoms with Crippen LogP contribution in [0.5, 0.6) is 0 Å². The van der Waals surface area contributed by atoms with Crippen LogP contribution >= 0.6 is 0 Å². The molecule has 0 spiro atoms. The molecular weight excluding hydrogens is 775 g/mol. The van der Waals surface area contributed by atoms with Gasteiger partial charge in [0.15, 0.2) is 6.10 Å². The zero-order chi connectivity index (χ0) is 45.6. The number of carboxylic acid groups (broad SMARTS) is 1. The number of ether oxygens (including phenoxy) is 3. The van der Waals surface area contributed by atoms with Crippen LogP contribution in [0.3, 0.4) is 0 Å². The maximum Gasteiger partial charge on any atom is 0.306 e. The summed E-state index contributed by atoms with van der Waals surface area (Å²) in [5, 5.41) is 11.7. The third-order valence-electron chi connectivity index (χ3n) is 10.3. The van der Waals surface area contributed by atoms with Crippen molar-refractivity contribution in [2.75, 3.05) is 41.0 Å². The highest BCUT2D eigenvalue weighted by atomic mass is 16.6. The van der Waals surface area contributed by atoms with Crippen molar-refractivity contribution in [2.24, 2.45) is 0 Å². The first-order valence-electron chi connectivity index (χ1n) is 24.3. The Balaban J connectivity index is 4.41. The Morgan fingerprint density at radius 1 is 0.516 bits per heavy atom. The predicted molar refractivity (Wildman–Crippen MR) is 258 cm³/mol. The average Bonchev–Trinajstić information content (AvgIpc) is 3.23. The Labute approximate surface area is 379 Å². The van der Waals surface area contributed by atoms with Crippen LogP contribution in [0, 0.1) is 0 Å². The highest BCUT2D eigenvalue weighted by Crippen LogP contribution is 2.12. The Kier molecular flexibility index (Phi) is 41.2. The fourth-order valence-electron chi connectivity index (χ4n) is 6.51. The van der Waals surface area contributed by atoms with Crippen molar-refractivity contribution in [3.8, 4) is 0 Å². The molecule has 0 aliphatic carbocycles. The summed E-state index contributed by atoms with van der Waals surface area (Å²) in [4.78, 5) is 37.0. The number of quaternary nitrogens is 1. The van der Waals surface area contributed by atoms with E-state index in [0.29, 0.717) is 6.42 Å². The van der Waals surface area contributed by atoms with Gasteiger partial charge in [-0.15, -0.1) is 0 Å². The van der Waals surface area contributed by atoms with Crippen molar-refractivity contribution in [3.05, 3.63) is 97.2 Å². The lowest BCUT2D eigenvalue weighted by Gasteiger charge is -2.34. The monoisotopic (exact) mass is 864 g/mol. The van der Waals surface area contributed by atoms with Crippen molar-refractivity contribution >= 4 is 17.9 Å². The molecule has 0 aliphatic heterocycles. The smallest absolute Gasteiger partial charge is 0.306 e. The second-order valence-electron chi connectivity index (χ2n) is 17.0. The first-order chi connectivity index (χ1) is 30.1. The molecule has 0 aromatic carbocycles. The number of hydrogen-bond acceptors (Lipinski definition) is 7. The standard InChI is InChI=1S/C54H89NO7/c1-6-8-10-12-14-16-18-20-22-24-26-27-29-31-33-35-37-39-41-43-45-53(57)62-50(48-60-47-46-51(54(58)59)55(3,4)5)49-61-52(56)44-42-40-38-36-34-32-30-28-25-23-21-19-17-15-13-11-9-7-2/h8,10,14,16,19-23,25-28,30-31,33,50-51H,6-7,9,11-13,15,17-18,24,29,32,34-49H2,1-5H3/b10-8+,16-14+,21-19+,22-20+,25-23+,27-26+,30-28+,33-31+. The van der Waals surface area contributed by atoms with Crippen molar-refractivity contribution < 1.29 is 38.2 Å². The molecular formula is C54H89NO7. The molecule has 0 heterocycles. The van der Waals surface area contributed by atoms with Gasteiger partial charge in [-0.05, 0) is 83.5 Å². The average molecular weight is 864 g/mol. The Bertz CT molecular complexity index is 1330. The quantitative estimate of drug-likeness (QED) is 0.0198. The third-order valence-corrected chi connectivity index (χ3v) is 10.3. The largest absolute Gasteiger partial charge is 0.544 e. The minimum Gasteiger partial charge on any atom is -0.544 e. The third kappa shape index (κ3) is 41.6. The molecule has 0 amide bonds. The van der Waals surface area contributed by atoms with Crippen molar-refractivity contribution in [3.63, 3.8) is 0 Å². The normalized spacial score (nSPS) is 13.8. The van der Waals surface area contributed by atoms with Crippen LogP contribution in [0.4, 0.5) is 0 Å². The van der Waals surface area contributed by atoms with Crippen LogP contribution in [0.1, 0.15) is 174 Å². The van der Waals surface area contributed by atoms with Crippen LogP contribution in [-0.4, -0.2) is 75.5 Å². The topological polar surface area (TPSA) is 102 Å². The van der Waals surface area contributed by atoms with Gasteiger partial charge in [-0.2, -0.15) is 0 Å².